The quantitative estimate of drug-likeness (QED) is 0.881. The first kappa shape index (κ1) is 13.5. The van der Waals surface area contributed by atoms with Gasteiger partial charge in [0.2, 0.25) is 0 Å². The largest absolute Gasteiger partial charge is 0.388 e. The van der Waals surface area contributed by atoms with E-state index in [9.17, 15) is 4.79 Å². The van der Waals surface area contributed by atoms with Crippen molar-refractivity contribution in [2.24, 2.45) is 0 Å². The molecule has 2 rings (SSSR count). The number of aryl methyl sites for hydroxylation is 1. The summed E-state index contributed by atoms with van der Waals surface area (Å²) in [5.41, 5.74) is 5.62. The summed E-state index contributed by atoms with van der Waals surface area (Å²) in [4.78, 5) is 16.2. The first-order valence-electron chi connectivity index (χ1n) is 6.14. The Balaban J connectivity index is 1.91. The van der Waals surface area contributed by atoms with Crippen molar-refractivity contribution in [2.75, 3.05) is 18.9 Å². The average Bonchev–Trinajstić information content (AvgIpc) is 2.91. The van der Waals surface area contributed by atoms with E-state index in [1.54, 1.807) is 16.8 Å². The third kappa shape index (κ3) is 3.54. The number of hydrogen-bond donors (Lipinski definition) is 2. The number of amides is 1. The number of carbonyl (C=O) groups excluding carboxylic acids is 1. The van der Waals surface area contributed by atoms with E-state index in [1.165, 1.54) is 0 Å². The average molecular weight is 275 g/mol. The van der Waals surface area contributed by atoms with Crippen LogP contribution < -0.4 is 10.6 Å². The van der Waals surface area contributed by atoms with Gasteiger partial charge in [0.15, 0.2) is 0 Å². The van der Waals surface area contributed by atoms with E-state index in [1.807, 2.05) is 37.6 Å². The molecule has 0 saturated heterocycles. The number of anilines is 1. The minimum atomic E-state index is -0.0408. The van der Waals surface area contributed by atoms with Crippen molar-refractivity contribution in [3.05, 3.63) is 45.9 Å². The number of carbonyl (C=O) groups is 1. The monoisotopic (exact) mass is 275 g/mol. The second kappa shape index (κ2) is 6.33. The summed E-state index contributed by atoms with van der Waals surface area (Å²) in [5, 5.41) is 7.99. The number of thiazole rings is 1. The molecule has 2 aromatic rings. The van der Waals surface area contributed by atoms with Gasteiger partial charge in [-0.05, 0) is 30.7 Å². The molecular formula is C14H17N3OS. The van der Waals surface area contributed by atoms with Gasteiger partial charge in [0.1, 0.15) is 0 Å². The maximum Gasteiger partial charge on any atom is 0.251 e. The molecule has 1 amide bonds. The van der Waals surface area contributed by atoms with Gasteiger partial charge < -0.3 is 10.6 Å². The standard InChI is InChI=1S/C14H17N3OS/c1-10-7-11(3-4-13(10)15-2)14(18)16-6-5-12-8-19-9-17-12/h3-4,7-9,15H,5-6H2,1-2H3,(H,16,18). The summed E-state index contributed by atoms with van der Waals surface area (Å²) in [5.74, 6) is -0.0408. The smallest absolute Gasteiger partial charge is 0.251 e. The molecule has 19 heavy (non-hydrogen) atoms. The summed E-state index contributed by atoms with van der Waals surface area (Å²) in [6.07, 6.45) is 0.767. The lowest BCUT2D eigenvalue weighted by molar-refractivity contribution is 0.0954. The molecule has 0 aliphatic heterocycles. The van der Waals surface area contributed by atoms with E-state index in [0.717, 1.165) is 23.4 Å². The molecule has 1 aromatic heterocycles. The van der Waals surface area contributed by atoms with Crippen molar-refractivity contribution in [3.63, 3.8) is 0 Å². The molecule has 0 unspecified atom stereocenters. The van der Waals surface area contributed by atoms with Crippen LogP contribution in [0, 0.1) is 6.92 Å². The van der Waals surface area contributed by atoms with Crippen LogP contribution in [0.5, 0.6) is 0 Å². The van der Waals surface area contributed by atoms with E-state index >= 15 is 0 Å². The Bertz CT molecular complexity index is 552. The van der Waals surface area contributed by atoms with Crippen LogP contribution in [0.15, 0.2) is 29.1 Å². The topological polar surface area (TPSA) is 54.0 Å². The second-order valence-corrected chi connectivity index (χ2v) is 4.98. The first-order valence-corrected chi connectivity index (χ1v) is 7.08. The Hall–Kier alpha value is -1.88. The molecule has 0 aliphatic carbocycles. The van der Waals surface area contributed by atoms with E-state index in [2.05, 4.69) is 15.6 Å². The van der Waals surface area contributed by atoms with Gasteiger partial charge in [0.05, 0.1) is 11.2 Å². The zero-order valence-electron chi connectivity index (χ0n) is 11.1. The SMILES string of the molecule is CNc1ccc(C(=O)NCCc2cscn2)cc1C. The number of aromatic nitrogens is 1. The molecule has 4 nitrogen and oxygen atoms in total. The highest BCUT2D eigenvalue weighted by atomic mass is 32.1. The highest BCUT2D eigenvalue weighted by Gasteiger charge is 2.07. The Labute approximate surface area is 116 Å². The zero-order valence-corrected chi connectivity index (χ0v) is 11.9. The molecule has 0 bridgehead atoms. The van der Waals surface area contributed by atoms with Gasteiger partial charge in [-0.1, -0.05) is 0 Å². The highest BCUT2D eigenvalue weighted by Crippen LogP contribution is 2.15. The molecule has 0 fully saturated rings. The second-order valence-electron chi connectivity index (χ2n) is 4.27. The summed E-state index contributed by atoms with van der Waals surface area (Å²) in [7, 11) is 1.87. The van der Waals surface area contributed by atoms with E-state index in [4.69, 9.17) is 0 Å². The van der Waals surface area contributed by atoms with Gasteiger partial charge in [-0.3, -0.25) is 4.79 Å². The van der Waals surface area contributed by atoms with Gasteiger partial charge in [-0.15, -0.1) is 11.3 Å². The lowest BCUT2D eigenvalue weighted by Gasteiger charge is -2.08. The van der Waals surface area contributed by atoms with Crippen molar-refractivity contribution in [2.45, 2.75) is 13.3 Å². The van der Waals surface area contributed by atoms with Crippen LogP contribution >= 0.6 is 11.3 Å². The zero-order chi connectivity index (χ0) is 13.7. The van der Waals surface area contributed by atoms with Gasteiger partial charge in [-0.2, -0.15) is 0 Å². The number of nitrogens with zero attached hydrogens (tertiary/aromatic N) is 1. The van der Waals surface area contributed by atoms with Crippen LogP contribution in [0.3, 0.4) is 0 Å². The lowest BCUT2D eigenvalue weighted by atomic mass is 10.1. The number of hydrogen-bond acceptors (Lipinski definition) is 4. The number of nitrogens with one attached hydrogen (secondary N) is 2. The van der Waals surface area contributed by atoms with Crippen LogP contribution in [-0.4, -0.2) is 24.5 Å². The molecule has 2 N–H and O–H groups in total. The molecule has 0 radical (unpaired) electrons. The fourth-order valence-electron chi connectivity index (χ4n) is 1.85. The minimum absolute atomic E-state index is 0.0408. The molecule has 0 atom stereocenters. The molecule has 5 heteroatoms. The van der Waals surface area contributed by atoms with Crippen molar-refractivity contribution in [1.82, 2.24) is 10.3 Å². The molecule has 1 aromatic carbocycles. The van der Waals surface area contributed by atoms with Crippen LogP contribution in [-0.2, 0) is 6.42 Å². The number of benzene rings is 1. The molecule has 0 aliphatic rings. The van der Waals surface area contributed by atoms with Gasteiger partial charge in [-0.25, -0.2) is 4.98 Å². The maximum atomic E-state index is 12.0. The van der Waals surface area contributed by atoms with Crippen LogP contribution in [0.4, 0.5) is 5.69 Å². The van der Waals surface area contributed by atoms with Crippen molar-refractivity contribution < 1.29 is 4.79 Å². The number of rotatable bonds is 5. The summed E-state index contributed by atoms with van der Waals surface area (Å²) >= 11 is 1.57. The minimum Gasteiger partial charge on any atom is -0.388 e. The van der Waals surface area contributed by atoms with Gasteiger partial charge in [0, 0.05) is 36.6 Å². The predicted octanol–water partition coefficient (Wildman–Crippen LogP) is 2.47. The molecule has 100 valence electrons. The Morgan fingerprint density at radius 2 is 2.26 bits per heavy atom. The van der Waals surface area contributed by atoms with Crippen molar-refractivity contribution >= 4 is 22.9 Å². The Morgan fingerprint density at radius 3 is 2.89 bits per heavy atom. The molecule has 1 heterocycles. The fraction of sp³-hybridized carbons (Fsp3) is 0.286. The molecule has 0 saturated carbocycles. The van der Waals surface area contributed by atoms with Crippen LogP contribution in [0.2, 0.25) is 0 Å². The highest BCUT2D eigenvalue weighted by molar-refractivity contribution is 7.07. The molecular weight excluding hydrogens is 258 g/mol. The summed E-state index contributed by atoms with van der Waals surface area (Å²) < 4.78 is 0. The van der Waals surface area contributed by atoms with Gasteiger partial charge in [0.25, 0.3) is 5.91 Å². The third-order valence-corrected chi connectivity index (χ3v) is 3.54. The fourth-order valence-corrected chi connectivity index (χ4v) is 2.45. The van der Waals surface area contributed by atoms with E-state index in [-0.39, 0.29) is 5.91 Å². The summed E-state index contributed by atoms with van der Waals surface area (Å²) in [6, 6.07) is 5.64. The third-order valence-electron chi connectivity index (χ3n) is 2.91. The van der Waals surface area contributed by atoms with E-state index in [0.29, 0.717) is 12.1 Å². The van der Waals surface area contributed by atoms with E-state index < -0.39 is 0 Å². The first-order chi connectivity index (χ1) is 9.20. The lowest BCUT2D eigenvalue weighted by Crippen LogP contribution is -2.25. The van der Waals surface area contributed by atoms with Crippen LogP contribution in [0.25, 0.3) is 0 Å². The van der Waals surface area contributed by atoms with Crippen LogP contribution in [0.1, 0.15) is 21.6 Å². The van der Waals surface area contributed by atoms with Crippen molar-refractivity contribution in [3.8, 4) is 0 Å². The predicted molar refractivity (Wildman–Crippen MR) is 78.9 cm³/mol. The van der Waals surface area contributed by atoms with Crippen molar-refractivity contribution in [1.29, 1.82) is 0 Å². The summed E-state index contributed by atoms with van der Waals surface area (Å²) in [6.45, 7) is 2.59. The van der Waals surface area contributed by atoms with Gasteiger partial charge >= 0.3 is 0 Å². The normalized spacial score (nSPS) is 10.2. The maximum absolute atomic E-state index is 12.0. The Morgan fingerprint density at radius 1 is 1.42 bits per heavy atom. The molecule has 0 spiro atoms. The Kier molecular flexibility index (Phi) is 4.52.